The molecule has 1 aliphatic heterocycles. The van der Waals surface area contributed by atoms with Crippen LogP contribution in [0.25, 0.3) is 10.7 Å². The normalized spacial score (nSPS) is 19.0. The lowest BCUT2D eigenvalue weighted by Gasteiger charge is -2.33. The maximum Gasteiger partial charge on any atom is 0.247 e. The number of amides is 2. The summed E-state index contributed by atoms with van der Waals surface area (Å²) in [4.78, 5) is 35.2. The maximum atomic E-state index is 13.7. The molecule has 1 saturated heterocycles. The molecule has 4 heterocycles. The van der Waals surface area contributed by atoms with E-state index in [0.29, 0.717) is 24.5 Å². The molecule has 0 aromatic carbocycles. The van der Waals surface area contributed by atoms with E-state index in [1.54, 1.807) is 29.4 Å². The van der Waals surface area contributed by atoms with Gasteiger partial charge in [0.15, 0.2) is 0 Å². The third kappa shape index (κ3) is 5.73. The van der Waals surface area contributed by atoms with Crippen LogP contribution in [0.2, 0.25) is 0 Å². The molecular weight excluding hydrogens is 466 g/mol. The summed E-state index contributed by atoms with van der Waals surface area (Å²) in [6, 6.07) is 6.74. The number of carbonyl (C=O) groups excluding carboxylic acids is 2. The molecule has 0 bridgehead atoms. The summed E-state index contributed by atoms with van der Waals surface area (Å²) in [5, 5.41) is 17.7. The number of pyridine rings is 1. The molecule has 10 nitrogen and oxygen atoms in total. The Labute approximate surface area is 207 Å². The Kier molecular flexibility index (Phi) is 7.43. The van der Waals surface area contributed by atoms with E-state index in [1.165, 1.54) is 16.1 Å². The number of hydrogen-bond acceptors (Lipinski definition) is 8. The van der Waals surface area contributed by atoms with Crippen molar-refractivity contribution >= 4 is 23.2 Å². The second-order valence-corrected chi connectivity index (χ2v) is 9.92. The quantitative estimate of drug-likeness (QED) is 0.485. The Bertz CT molecular complexity index is 1110. The van der Waals surface area contributed by atoms with Crippen LogP contribution in [-0.4, -0.2) is 67.2 Å². The zero-order chi connectivity index (χ0) is 24.0. The van der Waals surface area contributed by atoms with Gasteiger partial charge in [-0.1, -0.05) is 18.9 Å². The minimum Gasteiger partial charge on any atom is -0.376 e. The van der Waals surface area contributed by atoms with Gasteiger partial charge in [0, 0.05) is 31.6 Å². The van der Waals surface area contributed by atoms with E-state index in [0.717, 1.165) is 43.4 Å². The molecule has 0 radical (unpaired) electrons. The van der Waals surface area contributed by atoms with Crippen LogP contribution in [0.3, 0.4) is 0 Å². The fourth-order valence-corrected chi connectivity index (χ4v) is 5.40. The van der Waals surface area contributed by atoms with E-state index in [9.17, 15) is 9.59 Å². The highest BCUT2D eigenvalue weighted by Gasteiger charge is 2.35. The summed E-state index contributed by atoms with van der Waals surface area (Å²) in [5.41, 5.74) is 0.715. The smallest absolute Gasteiger partial charge is 0.247 e. The lowest BCUT2D eigenvalue weighted by molar-refractivity contribution is -0.143. The van der Waals surface area contributed by atoms with Crippen molar-refractivity contribution in [3.63, 3.8) is 0 Å². The van der Waals surface area contributed by atoms with Crippen LogP contribution in [0.15, 0.2) is 42.0 Å². The lowest BCUT2D eigenvalue weighted by atomic mass is 10.0. The summed E-state index contributed by atoms with van der Waals surface area (Å²) >= 11 is 1.51. The molecule has 1 saturated carbocycles. The summed E-state index contributed by atoms with van der Waals surface area (Å²) in [7, 11) is 0. The van der Waals surface area contributed by atoms with Crippen LogP contribution in [0, 0.1) is 0 Å². The Morgan fingerprint density at radius 3 is 2.71 bits per heavy atom. The minimum absolute atomic E-state index is 0.118. The number of thiophene rings is 1. The molecule has 2 fully saturated rings. The van der Waals surface area contributed by atoms with Crippen molar-refractivity contribution in [2.24, 2.45) is 0 Å². The number of carbonyl (C=O) groups is 2. The number of nitrogens with zero attached hydrogens (tertiary/aromatic N) is 6. The predicted octanol–water partition coefficient (Wildman–Crippen LogP) is 2.60. The number of tetrazole rings is 1. The Balaban J connectivity index is 1.41. The number of aromatic nitrogens is 5. The van der Waals surface area contributed by atoms with E-state index in [4.69, 9.17) is 4.74 Å². The van der Waals surface area contributed by atoms with Crippen molar-refractivity contribution in [2.45, 2.75) is 63.3 Å². The van der Waals surface area contributed by atoms with Crippen molar-refractivity contribution in [3.8, 4) is 10.7 Å². The van der Waals surface area contributed by atoms with E-state index < -0.39 is 6.04 Å². The molecule has 2 amide bonds. The molecule has 1 N–H and O–H groups in total. The van der Waals surface area contributed by atoms with Crippen LogP contribution in [-0.2, 0) is 20.9 Å². The third-order valence-corrected chi connectivity index (χ3v) is 7.36. The van der Waals surface area contributed by atoms with Crippen molar-refractivity contribution in [1.82, 2.24) is 35.4 Å². The summed E-state index contributed by atoms with van der Waals surface area (Å²) < 4.78 is 5.85. The molecule has 5 rings (SSSR count). The summed E-state index contributed by atoms with van der Waals surface area (Å²) in [6.07, 6.45) is 9.09. The Morgan fingerprint density at radius 1 is 1.17 bits per heavy atom. The van der Waals surface area contributed by atoms with Gasteiger partial charge in [-0.3, -0.25) is 14.6 Å². The zero-order valence-electron chi connectivity index (χ0n) is 19.5. The molecule has 2 unspecified atom stereocenters. The van der Waals surface area contributed by atoms with Crippen molar-refractivity contribution in [1.29, 1.82) is 0 Å². The highest BCUT2D eigenvalue weighted by atomic mass is 32.1. The van der Waals surface area contributed by atoms with Gasteiger partial charge < -0.3 is 15.0 Å². The highest BCUT2D eigenvalue weighted by Crippen LogP contribution is 2.26. The Hall–Kier alpha value is -3.18. The van der Waals surface area contributed by atoms with Crippen LogP contribution >= 0.6 is 11.3 Å². The van der Waals surface area contributed by atoms with Gasteiger partial charge in [-0.05, 0) is 60.0 Å². The summed E-state index contributed by atoms with van der Waals surface area (Å²) in [5.74, 6) is 0.0300. The first-order valence-corrected chi connectivity index (χ1v) is 13.0. The van der Waals surface area contributed by atoms with Crippen molar-refractivity contribution < 1.29 is 14.3 Å². The first kappa shape index (κ1) is 23.6. The van der Waals surface area contributed by atoms with E-state index in [-0.39, 0.29) is 30.5 Å². The van der Waals surface area contributed by atoms with Gasteiger partial charge in [0.25, 0.3) is 0 Å². The van der Waals surface area contributed by atoms with Crippen LogP contribution in [0.5, 0.6) is 0 Å². The number of ether oxygens (including phenoxy) is 1. The van der Waals surface area contributed by atoms with Crippen LogP contribution < -0.4 is 5.32 Å². The summed E-state index contributed by atoms with van der Waals surface area (Å²) in [6.45, 7) is 0.857. The molecule has 1 aliphatic carbocycles. The zero-order valence-corrected chi connectivity index (χ0v) is 20.3. The number of hydrogen-bond donors (Lipinski definition) is 1. The van der Waals surface area contributed by atoms with Crippen LogP contribution in [0.4, 0.5) is 0 Å². The highest BCUT2D eigenvalue weighted by molar-refractivity contribution is 7.13. The molecule has 2 aliphatic rings. The van der Waals surface area contributed by atoms with Crippen molar-refractivity contribution in [3.05, 3.63) is 47.6 Å². The minimum atomic E-state index is -0.796. The van der Waals surface area contributed by atoms with Gasteiger partial charge in [-0.25, -0.2) is 0 Å². The van der Waals surface area contributed by atoms with Gasteiger partial charge in [-0.2, -0.15) is 4.80 Å². The van der Waals surface area contributed by atoms with Gasteiger partial charge in [0.1, 0.15) is 12.6 Å². The maximum absolute atomic E-state index is 13.7. The van der Waals surface area contributed by atoms with E-state index >= 15 is 0 Å². The predicted molar refractivity (Wildman–Crippen MR) is 129 cm³/mol. The molecular formula is C24H29N7O3S. The fraction of sp³-hybridized carbons (Fsp3) is 0.500. The monoisotopic (exact) mass is 495 g/mol. The van der Waals surface area contributed by atoms with Crippen LogP contribution in [0.1, 0.15) is 50.1 Å². The lowest BCUT2D eigenvalue weighted by Crippen LogP contribution is -2.49. The molecule has 2 atom stereocenters. The van der Waals surface area contributed by atoms with E-state index in [1.807, 2.05) is 17.5 Å². The molecule has 3 aromatic heterocycles. The van der Waals surface area contributed by atoms with E-state index in [2.05, 4.69) is 25.7 Å². The Morgan fingerprint density at radius 2 is 2.00 bits per heavy atom. The van der Waals surface area contributed by atoms with Gasteiger partial charge in [-0.15, -0.1) is 21.5 Å². The average molecular weight is 496 g/mol. The molecule has 3 aromatic rings. The first-order chi connectivity index (χ1) is 17.2. The largest absolute Gasteiger partial charge is 0.376 e. The topological polar surface area (TPSA) is 115 Å². The average Bonchev–Trinajstić information content (AvgIpc) is 3.68. The number of nitrogens with one attached hydrogen (secondary N) is 1. The second kappa shape index (κ2) is 11.0. The molecule has 0 spiro atoms. The fourth-order valence-electron chi connectivity index (χ4n) is 4.75. The standard InChI is InChI=1S/C24H29N7O3S/c32-21(16-31-28-23(27-29-31)20-8-4-14-35-20)30(15-19-7-3-13-34-19)22(17-9-11-25-12-10-17)24(33)26-18-5-1-2-6-18/h4,8-12,14,18-19,22H,1-3,5-7,13,15-16H2,(H,26,33). The first-order valence-electron chi connectivity index (χ1n) is 12.1. The SMILES string of the molecule is O=C(NC1CCCC1)C(c1ccncc1)N(CC1CCCO1)C(=O)Cn1nnc(-c2cccs2)n1. The molecule has 184 valence electrons. The van der Waals surface area contributed by atoms with Gasteiger partial charge in [0.2, 0.25) is 17.6 Å². The molecule has 11 heteroatoms. The van der Waals surface area contributed by atoms with Gasteiger partial charge >= 0.3 is 0 Å². The van der Waals surface area contributed by atoms with Crippen molar-refractivity contribution in [2.75, 3.05) is 13.2 Å². The van der Waals surface area contributed by atoms with Gasteiger partial charge in [0.05, 0.1) is 11.0 Å². The molecule has 35 heavy (non-hydrogen) atoms. The second-order valence-electron chi connectivity index (χ2n) is 8.97. The third-order valence-electron chi connectivity index (χ3n) is 6.50. The number of rotatable bonds is 9.